The zero-order valence-electron chi connectivity index (χ0n) is 8.66. The monoisotopic (exact) mass is 194 g/mol. The second-order valence-electron chi connectivity index (χ2n) is 3.67. The summed E-state index contributed by atoms with van der Waals surface area (Å²) < 4.78 is 0. The van der Waals surface area contributed by atoms with Crippen LogP contribution in [0.4, 0.5) is 0 Å². The van der Waals surface area contributed by atoms with Crippen molar-refractivity contribution in [2.45, 2.75) is 39.0 Å². The van der Waals surface area contributed by atoms with Crippen LogP contribution in [0.3, 0.4) is 0 Å². The number of unbranched alkanes of at least 4 members (excludes halogenated alkanes) is 3. The molecule has 14 heavy (non-hydrogen) atoms. The second-order valence-corrected chi connectivity index (χ2v) is 3.67. The molecule has 0 saturated carbocycles. The SMILES string of the molecule is CCCCCCc1cc(O)cc(O)c1. The van der Waals surface area contributed by atoms with E-state index in [1.54, 1.807) is 12.1 Å². The van der Waals surface area contributed by atoms with Crippen LogP contribution in [0.2, 0.25) is 0 Å². The average molecular weight is 194 g/mol. The van der Waals surface area contributed by atoms with Gasteiger partial charge in [-0.1, -0.05) is 26.2 Å². The molecule has 0 aromatic heterocycles. The number of benzene rings is 1. The summed E-state index contributed by atoms with van der Waals surface area (Å²) in [7, 11) is 0. The molecule has 0 aliphatic carbocycles. The van der Waals surface area contributed by atoms with Gasteiger partial charge in [-0.2, -0.15) is 0 Å². The lowest BCUT2D eigenvalue weighted by atomic mass is 10.1. The van der Waals surface area contributed by atoms with Gasteiger partial charge in [0.25, 0.3) is 0 Å². The molecular formula is C12H18O2. The molecule has 78 valence electrons. The summed E-state index contributed by atoms with van der Waals surface area (Å²) in [5.74, 6) is 0.297. The molecule has 0 heterocycles. The third kappa shape index (κ3) is 3.69. The molecule has 1 rings (SSSR count). The van der Waals surface area contributed by atoms with Crippen LogP contribution in [0.25, 0.3) is 0 Å². The third-order valence-corrected chi connectivity index (χ3v) is 2.28. The maximum atomic E-state index is 9.24. The molecule has 2 nitrogen and oxygen atoms in total. The number of phenolic OH excluding ortho intramolecular Hbond substituents is 2. The highest BCUT2D eigenvalue weighted by Crippen LogP contribution is 2.21. The minimum Gasteiger partial charge on any atom is -0.508 e. The minimum atomic E-state index is 0.149. The molecule has 2 heteroatoms. The van der Waals surface area contributed by atoms with Gasteiger partial charge in [-0.3, -0.25) is 0 Å². The molecule has 0 aliphatic rings. The molecule has 0 atom stereocenters. The minimum absolute atomic E-state index is 0.149. The predicted octanol–water partition coefficient (Wildman–Crippen LogP) is 3.22. The van der Waals surface area contributed by atoms with Gasteiger partial charge in [-0.15, -0.1) is 0 Å². The normalized spacial score (nSPS) is 10.4. The van der Waals surface area contributed by atoms with Crippen molar-refractivity contribution in [2.75, 3.05) is 0 Å². The summed E-state index contributed by atoms with van der Waals surface area (Å²) in [5, 5.41) is 18.5. The highest BCUT2D eigenvalue weighted by Gasteiger charge is 1.98. The molecule has 0 amide bonds. The van der Waals surface area contributed by atoms with Gasteiger partial charge in [0.05, 0.1) is 0 Å². The first-order valence-corrected chi connectivity index (χ1v) is 5.24. The molecule has 0 aliphatic heterocycles. The van der Waals surface area contributed by atoms with E-state index in [4.69, 9.17) is 0 Å². The first-order chi connectivity index (χ1) is 6.72. The van der Waals surface area contributed by atoms with Crippen LogP contribution >= 0.6 is 0 Å². The maximum absolute atomic E-state index is 9.24. The molecule has 1 aromatic rings. The van der Waals surface area contributed by atoms with Crippen LogP contribution in [0.1, 0.15) is 38.2 Å². The van der Waals surface area contributed by atoms with E-state index < -0.39 is 0 Å². The van der Waals surface area contributed by atoms with Crippen molar-refractivity contribution < 1.29 is 10.2 Å². The Morgan fingerprint density at radius 1 is 0.929 bits per heavy atom. The van der Waals surface area contributed by atoms with Crippen LogP contribution in [-0.4, -0.2) is 10.2 Å². The Kier molecular flexibility index (Phi) is 4.30. The van der Waals surface area contributed by atoms with Crippen molar-refractivity contribution in [2.24, 2.45) is 0 Å². The van der Waals surface area contributed by atoms with Gasteiger partial charge in [0, 0.05) is 6.07 Å². The summed E-state index contributed by atoms with van der Waals surface area (Å²) in [4.78, 5) is 0. The van der Waals surface area contributed by atoms with Gasteiger partial charge in [-0.25, -0.2) is 0 Å². The number of aromatic hydroxyl groups is 2. The van der Waals surface area contributed by atoms with E-state index in [9.17, 15) is 10.2 Å². The van der Waals surface area contributed by atoms with Crippen molar-refractivity contribution in [3.63, 3.8) is 0 Å². The molecule has 0 bridgehead atoms. The third-order valence-electron chi connectivity index (χ3n) is 2.28. The fraction of sp³-hybridized carbons (Fsp3) is 0.500. The predicted molar refractivity (Wildman–Crippen MR) is 57.6 cm³/mol. The number of phenols is 2. The van der Waals surface area contributed by atoms with Crippen molar-refractivity contribution in [1.82, 2.24) is 0 Å². The average Bonchev–Trinajstić information content (AvgIpc) is 2.11. The number of hydrogen-bond acceptors (Lipinski definition) is 2. The highest BCUT2D eigenvalue weighted by molar-refractivity contribution is 5.36. The highest BCUT2D eigenvalue weighted by atomic mass is 16.3. The Bertz CT molecular complexity index is 261. The van der Waals surface area contributed by atoms with Crippen LogP contribution in [0.5, 0.6) is 11.5 Å². The molecular weight excluding hydrogens is 176 g/mol. The van der Waals surface area contributed by atoms with Gasteiger partial charge in [0.15, 0.2) is 0 Å². The van der Waals surface area contributed by atoms with Crippen molar-refractivity contribution >= 4 is 0 Å². The van der Waals surface area contributed by atoms with E-state index >= 15 is 0 Å². The van der Waals surface area contributed by atoms with Crippen LogP contribution in [-0.2, 0) is 6.42 Å². The fourth-order valence-corrected chi connectivity index (χ4v) is 1.56. The topological polar surface area (TPSA) is 40.5 Å². The first-order valence-electron chi connectivity index (χ1n) is 5.24. The van der Waals surface area contributed by atoms with Crippen LogP contribution in [0.15, 0.2) is 18.2 Å². The van der Waals surface area contributed by atoms with E-state index in [1.165, 1.54) is 25.3 Å². The molecule has 0 spiro atoms. The maximum Gasteiger partial charge on any atom is 0.119 e. The number of rotatable bonds is 5. The Morgan fingerprint density at radius 2 is 1.57 bits per heavy atom. The molecule has 1 aromatic carbocycles. The Balaban J connectivity index is 2.42. The lowest BCUT2D eigenvalue weighted by molar-refractivity contribution is 0.449. The summed E-state index contributed by atoms with van der Waals surface area (Å²) in [6.45, 7) is 2.18. The van der Waals surface area contributed by atoms with Gasteiger partial charge < -0.3 is 10.2 Å². The van der Waals surface area contributed by atoms with Gasteiger partial charge in [-0.05, 0) is 30.5 Å². The summed E-state index contributed by atoms with van der Waals surface area (Å²) >= 11 is 0. The molecule has 2 N–H and O–H groups in total. The molecule has 0 radical (unpaired) electrons. The summed E-state index contributed by atoms with van der Waals surface area (Å²) in [6.07, 6.45) is 5.75. The largest absolute Gasteiger partial charge is 0.508 e. The molecule has 0 unspecified atom stereocenters. The smallest absolute Gasteiger partial charge is 0.119 e. The van der Waals surface area contributed by atoms with Gasteiger partial charge in [0.2, 0.25) is 0 Å². The zero-order chi connectivity index (χ0) is 10.4. The van der Waals surface area contributed by atoms with E-state index in [1.807, 2.05) is 0 Å². The van der Waals surface area contributed by atoms with Gasteiger partial charge in [0.1, 0.15) is 11.5 Å². The Morgan fingerprint density at radius 3 is 2.14 bits per heavy atom. The van der Waals surface area contributed by atoms with Crippen LogP contribution in [0, 0.1) is 0 Å². The summed E-state index contributed by atoms with van der Waals surface area (Å²) in [6, 6.07) is 4.78. The lowest BCUT2D eigenvalue weighted by Gasteiger charge is -2.03. The Hall–Kier alpha value is -1.18. The fourth-order valence-electron chi connectivity index (χ4n) is 1.56. The van der Waals surface area contributed by atoms with Crippen molar-refractivity contribution in [3.8, 4) is 11.5 Å². The van der Waals surface area contributed by atoms with Gasteiger partial charge >= 0.3 is 0 Å². The standard InChI is InChI=1S/C12H18O2/c1-2-3-4-5-6-10-7-11(13)9-12(14)8-10/h7-9,13-14H,2-6H2,1H3. The lowest BCUT2D eigenvalue weighted by Crippen LogP contribution is -1.85. The van der Waals surface area contributed by atoms with E-state index in [0.717, 1.165) is 18.4 Å². The van der Waals surface area contributed by atoms with Crippen molar-refractivity contribution in [3.05, 3.63) is 23.8 Å². The van der Waals surface area contributed by atoms with Crippen LogP contribution < -0.4 is 0 Å². The number of aryl methyl sites for hydroxylation is 1. The summed E-state index contributed by atoms with van der Waals surface area (Å²) in [5.41, 5.74) is 1.01. The zero-order valence-corrected chi connectivity index (χ0v) is 8.66. The number of hydrogen-bond donors (Lipinski definition) is 2. The first kappa shape index (κ1) is 10.9. The van der Waals surface area contributed by atoms with Crippen molar-refractivity contribution in [1.29, 1.82) is 0 Å². The van der Waals surface area contributed by atoms with E-state index in [2.05, 4.69) is 6.92 Å². The van der Waals surface area contributed by atoms with E-state index in [0.29, 0.717) is 0 Å². The quantitative estimate of drug-likeness (QED) is 0.706. The molecule has 0 saturated heterocycles. The Labute approximate surface area is 85.2 Å². The molecule has 0 fully saturated rings. The second kappa shape index (κ2) is 5.53. The van der Waals surface area contributed by atoms with E-state index in [-0.39, 0.29) is 11.5 Å².